The number of methoxy groups -OCH3 is 1. The van der Waals surface area contributed by atoms with E-state index in [-0.39, 0.29) is 12.1 Å². The Morgan fingerprint density at radius 1 is 1.37 bits per heavy atom. The van der Waals surface area contributed by atoms with E-state index in [1.165, 1.54) is 0 Å². The Kier molecular flexibility index (Phi) is 5.30. The SMILES string of the molecule is COC(C)CCc1nc(C(C)N2CCNCC2)no1. The standard InChI is InChI=1S/C13H24N4O2/c1-10(18-3)4-5-12-15-13(16-19-12)11(2)17-8-6-14-7-9-17/h10-11,14H,4-9H2,1-3H3. The maximum Gasteiger partial charge on any atom is 0.226 e. The highest BCUT2D eigenvalue weighted by Gasteiger charge is 2.22. The van der Waals surface area contributed by atoms with Crippen LogP contribution in [0.25, 0.3) is 0 Å². The Morgan fingerprint density at radius 2 is 2.11 bits per heavy atom. The molecule has 0 aromatic carbocycles. The van der Waals surface area contributed by atoms with E-state index in [1.54, 1.807) is 7.11 Å². The molecule has 6 heteroatoms. The average molecular weight is 268 g/mol. The maximum absolute atomic E-state index is 5.31. The highest BCUT2D eigenvalue weighted by molar-refractivity contribution is 4.94. The van der Waals surface area contributed by atoms with E-state index in [0.29, 0.717) is 5.89 Å². The number of hydrogen-bond donors (Lipinski definition) is 1. The molecule has 0 saturated carbocycles. The number of hydrogen-bond acceptors (Lipinski definition) is 6. The van der Waals surface area contributed by atoms with Crippen LogP contribution in [0.4, 0.5) is 0 Å². The quantitative estimate of drug-likeness (QED) is 0.830. The zero-order valence-corrected chi connectivity index (χ0v) is 12.1. The van der Waals surface area contributed by atoms with Gasteiger partial charge < -0.3 is 14.6 Å². The maximum atomic E-state index is 5.31. The van der Waals surface area contributed by atoms with E-state index in [0.717, 1.165) is 44.8 Å². The first-order valence-corrected chi connectivity index (χ1v) is 7.00. The Labute approximate surface area is 114 Å². The predicted molar refractivity (Wildman–Crippen MR) is 71.9 cm³/mol. The van der Waals surface area contributed by atoms with Crippen molar-refractivity contribution >= 4 is 0 Å². The zero-order chi connectivity index (χ0) is 13.7. The third-order valence-corrected chi connectivity index (χ3v) is 3.72. The van der Waals surface area contributed by atoms with Crippen molar-refractivity contribution in [2.24, 2.45) is 0 Å². The normalized spacial score (nSPS) is 20.4. The van der Waals surface area contributed by atoms with E-state index in [9.17, 15) is 0 Å². The van der Waals surface area contributed by atoms with Gasteiger partial charge in [0.15, 0.2) is 5.82 Å². The second-order valence-corrected chi connectivity index (χ2v) is 5.09. The van der Waals surface area contributed by atoms with Crippen LogP contribution < -0.4 is 5.32 Å². The van der Waals surface area contributed by atoms with Gasteiger partial charge in [0, 0.05) is 39.7 Å². The van der Waals surface area contributed by atoms with Crippen LogP contribution in [0, 0.1) is 0 Å². The smallest absolute Gasteiger partial charge is 0.226 e. The summed E-state index contributed by atoms with van der Waals surface area (Å²) < 4.78 is 10.5. The number of piperazine rings is 1. The summed E-state index contributed by atoms with van der Waals surface area (Å²) in [7, 11) is 1.72. The van der Waals surface area contributed by atoms with E-state index >= 15 is 0 Å². The van der Waals surface area contributed by atoms with Crippen molar-refractivity contribution in [2.45, 2.75) is 38.8 Å². The lowest BCUT2D eigenvalue weighted by Gasteiger charge is -2.30. The van der Waals surface area contributed by atoms with Crippen molar-refractivity contribution in [3.8, 4) is 0 Å². The van der Waals surface area contributed by atoms with Gasteiger partial charge in [0.25, 0.3) is 0 Å². The zero-order valence-electron chi connectivity index (χ0n) is 12.1. The van der Waals surface area contributed by atoms with Crippen LogP contribution in [0.15, 0.2) is 4.52 Å². The van der Waals surface area contributed by atoms with Crippen molar-refractivity contribution in [3.05, 3.63) is 11.7 Å². The Bertz CT molecular complexity index is 376. The molecule has 1 saturated heterocycles. The highest BCUT2D eigenvalue weighted by atomic mass is 16.5. The molecule has 1 fully saturated rings. The van der Waals surface area contributed by atoms with Gasteiger partial charge in [-0.15, -0.1) is 0 Å². The van der Waals surface area contributed by atoms with E-state index in [4.69, 9.17) is 9.26 Å². The van der Waals surface area contributed by atoms with Crippen LogP contribution in [0.5, 0.6) is 0 Å². The molecule has 1 aromatic rings. The number of ether oxygens (including phenoxy) is 1. The minimum atomic E-state index is 0.222. The molecular formula is C13H24N4O2. The summed E-state index contributed by atoms with van der Waals surface area (Å²) in [6.45, 7) is 8.30. The third-order valence-electron chi connectivity index (χ3n) is 3.72. The predicted octanol–water partition coefficient (Wildman–Crippen LogP) is 1.00. The van der Waals surface area contributed by atoms with Crippen LogP contribution in [-0.2, 0) is 11.2 Å². The van der Waals surface area contributed by atoms with Crippen LogP contribution in [0.1, 0.15) is 38.0 Å². The first-order valence-electron chi connectivity index (χ1n) is 7.00. The van der Waals surface area contributed by atoms with Gasteiger partial charge >= 0.3 is 0 Å². The summed E-state index contributed by atoms with van der Waals surface area (Å²) in [6, 6.07) is 0.222. The molecule has 0 radical (unpaired) electrons. The lowest BCUT2D eigenvalue weighted by atomic mass is 10.2. The summed E-state index contributed by atoms with van der Waals surface area (Å²) in [6.07, 6.45) is 1.90. The summed E-state index contributed by atoms with van der Waals surface area (Å²) in [5, 5.41) is 7.45. The van der Waals surface area contributed by atoms with Gasteiger partial charge in [0.05, 0.1) is 12.1 Å². The Hall–Kier alpha value is -0.980. The molecule has 2 atom stereocenters. The number of aromatic nitrogens is 2. The molecule has 1 aromatic heterocycles. The summed E-state index contributed by atoms with van der Waals surface area (Å²) in [5.41, 5.74) is 0. The second kappa shape index (κ2) is 6.98. The molecular weight excluding hydrogens is 244 g/mol. The molecule has 1 aliphatic heterocycles. The molecule has 0 spiro atoms. The fourth-order valence-corrected chi connectivity index (χ4v) is 2.22. The first kappa shape index (κ1) is 14.4. The van der Waals surface area contributed by atoms with Gasteiger partial charge in [-0.1, -0.05) is 5.16 Å². The molecule has 2 heterocycles. The second-order valence-electron chi connectivity index (χ2n) is 5.09. The minimum absolute atomic E-state index is 0.222. The van der Waals surface area contributed by atoms with Crippen molar-refractivity contribution < 1.29 is 9.26 Å². The third kappa shape index (κ3) is 3.99. The molecule has 2 rings (SSSR count). The number of rotatable bonds is 6. The topological polar surface area (TPSA) is 63.4 Å². The summed E-state index contributed by atoms with van der Waals surface area (Å²) in [5.74, 6) is 1.50. The van der Waals surface area contributed by atoms with E-state index < -0.39 is 0 Å². The van der Waals surface area contributed by atoms with Crippen molar-refractivity contribution in [3.63, 3.8) is 0 Å². The molecule has 0 bridgehead atoms. The molecule has 2 unspecified atom stereocenters. The molecule has 19 heavy (non-hydrogen) atoms. The Morgan fingerprint density at radius 3 is 2.79 bits per heavy atom. The van der Waals surface area contributed by atoms with Gasteiger partial charge in [-0.2, -0.15) is 4.98 Å². The van der Waals surface area contributed by atoms with Gasteiger partial charge in [0.2, 0.25) is 5.89 Å². The van der Waals surface area contributed by atoms with Crippen LogP contribution >= 0.6 is 0 Å². The fraction of sp³-hybridized carbons (Fsp3) is 0.846. The van der Waals surface area contributed by atoms with Gasteiger partial charge in [-0.25, -0.2) is 0 Å². The van der Waals surface area contributed by atoms with E-state index in [1.807, 2.05) is 6.92 Å². The summed E-state index contributed by atoms with van der Waals surface area (Å²) >= 11 is 0. The molecule has 1 aliphatic rings. The minimum Gasteiger partial charge on any atom is -0.382 e. The Balaban J connectivity index is 1.88. The largest absolute Gasteiger partial charge is 0.382 e. The molecule has 1 N–H and O–H groups in total. The monoisotopic (exact) mass is 268 g/mol. The van der Waals surface area contributed by atoms with Crippen molar-refractivity contribution in [2.75, 3.05) is 33.3 Å². The van der Waals surface area contributed by atoms with Crippen LogP contribution in [0.3, 0.4) is 0 Å². The molecule has 0 amide bonds. The number of nitrogens with one attached hydrogen (secondary N) is 1. The average Bonchev–Trinajstić information content (AvgIpc) is 2.93. The lowest BCUT2D eigenvalue weighted by molar-refractivity contribution is 0.109. The van der Waals surface area contributed by atoms with Crippen LogP contribution in [-0.4, -0.2) is 54.4 Å². The van der Waals surface area contributed by atoms with Crippen molar-refractivity contribution in [1.82, 2.24) is 20.4 Å². The molecule has 108 valence electrons. The number of aryl methyl sites for hydroxylation is 1. The first-order chi connectivity index (χ1) is 9.20. The molecule has 6 nitrogen and oxygen atoms in total. The van der Waals surface area contributed by atoms with Crippen LogP contribution in [0.2, 0.25) is 0 Å². The number of nitrogens with zero attached hydrogens (tertiary/aromatic N) is 3. The van der Waals surface area contributed by atoms with Gasteiger partial charge in [-0.05, 0) is 20.3 Å². The fourth-order valence-electron chi connectivity index (χ4n) is 2.22. The van der Waals surface area contributed by atoms with E-state index in [2.05, 4.69) is 27.3 Å². The van der Waals surface area contributed by atoms with Crippen molar-refractivity contribution in [1.29, 1.82) is 0 Å². The highest BCUT2D eigenvalue weighted by Crippen LogP contribution is 2.18. The molecule has 0 aliphatic carbocycles. The van der Waals surface area contributed by atoms with Gasteiger partial charge in [0.1, 0.15) is 0 Å². The summed E-state index contributed by atoms with van der Waals surface area (Å²) in [4.78, 5) is 6.87. The lowest BCUT2D eigenvalue weighted by Crippen LogP contribution is -2.44. The van der Waals surface area contributed by atoms with Gasteiger partial charge in [-0.3, -0.25) is 4.90 Å².